The minimum atomic E-state index is -0.788. The summed E-state index contributed by atoms with van der Waals surface area (Å²) in [7, 11) is 0. The summed E-state index contributed by atoms with van der Waals surface area (Å²) in [6, 6.07) is -0.788. The van der Waals surface area contributed by atoms with Crippen molar-refractivity contribution in [1.29, 1.82) is 0 Å². The molecule has 0 aliphatic carbocycles. The number of amides is 3. The van der Waals surface area contributed by atoms with Crippen LogP contribution in [0, 0.1) is 0 Å². The van der Waals surface area contributed by atoms with Gasteiger partial charge in [-0.25, -0.2) is 10.2 Å². The van der Waals surface area contributed by atoms with Gasteiger partial charge < -0.3 is 10.5 Å². The van der Waals surface area contributed by atoms with Crippen LogP contribution in [0.1, 0.15) is 19.3 Å². The van der Waals surface area contributed by atoms with Gasteiger partial charge in [0.1, 0.15) is 6.10 Å². The molecule has 13 heavy (non-hydrogen) atoms. The fourth-order valence-electron chi connectivity index (χ4n) is 1.15. The lowest BCUT2D eigenvalue weighted by molar-refractivity contribution is -0.136. The monoisotopic (exact) mass is 187 g/mol. The molecule has 1 heterocycles. The third-order valence-corrected chi connectivity index (χ3v) is 1.78. The molecule has 0 aromatic carbocycles. The maximum atomic E-state index is 11.2. The van der Waals surface area contributed by atoms with Crippen molar-refractivity contribution in [2.45, 2.75) is 25.4 Å². The number of hydrogen-bond acceptors (Lipinski definition) is 3. The van der Waals surface area contributed by atoms with Gasteiger partial charge in [-0.1, -0.05) is 0 Å². The second-order valence-electron chi connectivity index (χ2n) is 2.83. The van der Waals surface area contributed by atoms with Gasteiger partial charge in [0.15, 0.2) is 0 Å². The lowest BCUT2D eigenvalue weighted by Crippen LogP contribution is -2.49. The Morgan fingerprint density at radius 3 is 2.62 bits per heavy atom. The number of carbonyl (C=O) groups excluding carboxylic acids is 2. The summed E-state index contributed by atoms with van der Waals surface area (Å²) in [5.41, 5.74) is 8.93. The van der Waals surface area contributed by atoms with Gasteiger partial charge in [-0.15, -0.1) is 0 Å². The van der Waals surface area contributed by atoms with Crippen LogP contribution in [-0.2, 0) is 9.53 Å². The Kier molecular flexibility index (Phi) is 3.51. The van der Waals surface area contributed by atoms with E-state index >= 15 is 0 Å². The number of urea groups is 1. The van der Waals surface area contributed by atoms with Gasteiger partial charge in [0.2, 0.25) is 0 Å². The number of nitrogens with two attached hydrogens (primary N) is 1. The molecule has 1 saturated heterocycles. The van der Waals surface area contributed by atoms with Crippen molar-refractivity contribution in [3.8, 4) is 0 Å². The summed E-state index contributed by atoms with van der Waals surface area (Å²) in [6.45, 7) is 0.592. The number of hydrazine groups is 1. The number of rotatable bonds is 1. The van der Waals surface area contributed by atoms with Crippen LogP contribution in [0.3, 0.4) is 0 Å². The molecule has 6 heteroatoms. The Bertz CT molecular complexity index is 201. The first-order chi connectivity index (χ1) is 6.20. The molecule has 0 bridgehead atoms. The van der Waals surface area contributed by atoms with E-state index in [9.17, 15) is 9.59 Å². The van der Waals surface area contributed by atoms with Crippen LogP contribution in [0.25, 0.3) is 0 Å². The second kappa shape index (κ2) is 4.66. The second-order valence-corrected chi connectivity index (χ2v) is 2.83. The number of carbonyl (C=O) groups is 2. The third kappa shape index (κ3) is 3.29. The van der Waals surface area contributed by atoms with Gasteiger partial charge in [-0.05, 0) is 19.3 Å². The highest BCUT2D eigenvalue weighted by Crippen LogP contribution is 2.11. The van der Waals surface area contributed by atoms with Crippen LogP contribution in [0.5, 0.6) is 0 Å². The van der Waals surface area contributed by atoms with E-state index in [4.69, 9.17) is 10.5 Å². The molecule has 1 atom stereocenters. The standard InChI is InChI=1S/C7H13N3O3/c8-7(12)10-9-6(11)5-3-1-2-4-13-5/h5H,1-4H2,(H,9,11)(H3,8,10,12). The lowest BCUT2D eigenvalue weighted by Gasteiger charge is -2.21. The molecule has 0 radical (unpaired) electrons. The van der Waals surface area contributed by atoms with Gasteiger partial charge in [-0.3, -0.25) is 10.2 Å². The molecule has 1 unspecified atom stereocenters. The lowest BCUT2D eigenvalue weighted by atomic mass is 10.1. The van der Waals surface area contributed by atoms with Crippen LogP contribution in [0.4, 0.5) is 4.79 Å². The van der Waals surface area contributed by atoms with Crippen molar-refractivity contribution < 1.29 is 14.3 Å². The molecule has 1 rings (SSSR count). The average Bonchev–Trinajstić information content (AvgIpc) is 2.15. The van der Waals surface area contributed by atoms with Gasteiger partial charge >= 0.3 is 6.03 Å². The van der Waals surface area contributed by atoms with Crippen LogP contribution < -0.4 is 16.6 Å². The van der Waals surface area contributed by atoms with Crippen LogP contribution in [0.15, 0.2) is 0 Å². The molecule has 0 aromatic rings. The molecule has 6 nitrogen and oxygen atoms in total. The van der Waals surface area contributed by atoms with E-state index < -0.39 is 12.1 Å². The van der Waals surface area contributed by atoms with E-state index in [0.29, 0.717) is 13.0 Å². The van der Waals surface area contributed by atoms with E-state index in [1.165, 1.54) is 0 Å². The largest absolute Gasteiger partial charge is 0.368 e. The molecular weight excluding hydrogens is 174 g/mol. The van der Waals surface area contributed by atoms with E-state index in [0.717, 1.165) is 12.8 Å². The highest BCUT2D eigenvalue weighted by Gasteiger charge is 2.21. The zero-order valence-corrected chi connectivity index (χ0v) is 7.21. The zero-order chi connectivity index (χ0) is 9.68. The molecule has 4 N–H and O–H groups in total. The molecule has 0 saturated carbocycles. The van der Waals surface area contributed by atoms with E-state index in [1.54, 1.807) is 0 Å². The Hall–Kier alpha value is -1.30. The molecule has 1 aliphatic rings. The van der Waals surface area contributed by atoms with Crippen molar-refractivity contribution in [3.05, 3.63) is 0 Å². The van der Waals surface area contributed by atoms with Gasteiger partial charge in [0.25, 0.3) is 5.91 Å². The Labute approximate surface area is 75.8 Å². The Balaban J connectivity index is 2.25. The fraction of sp³-hybridized carbons (Fsp3) is 0.714. The fourth-order valence-corrected chi connectivity index (χ4v) is 1.15. The topological polar surface area (TPSA) is 93.5 Å². The summed E-state index contributed by atoms with van der Waals surface area (Å²) < 4.78 is 5.17. The predicted octanol–water partition coefficient (Wildman–Crippen LogP) is -0.745. The highest BCUT2D eigenvalue weighted by atomic mass is 16.5. The summed E-state index contributed by atoms with van der Waals surface area (Å²) in [5, 5.41) is 0. The van der Waals surface area contributed by atoms with E-state index in [2.05, 4.69) is 5.43 Å². The van der Waals surface area contributed by atoms with E-state index in [-0.39, 0.29) is 5.91 Å². The van der Waals surface area contributed by atoms with Gasteiger partial charge in [0.05, 0.1) is 0 Å². The van der Waals surface area contributed by atoms with Crippen LogP contribution in [-0.4, -0.2) is 24.6 Å². The van der Waals surface area contributed by atoms with Crippen molar-refractivity contribution in [1.82, 2.24) is 10.9 Å². The minimum absolute atomic E-state index is 0.349. The normalized spacial score (nSPS) is 22.0. The van der Waals surface area contributed by atoms with Crippen molar-refractivity contribution >= 4 is 11.9 Å². The minimum Gasteiger partial charge on any atom is -0.368 e. The smallest absolute Gasteiger partial charge is 0.330 e. The summed E-state index contributed by atoms with van der Waals surface area (Å²) >= 11 is 0. The first-order valence-electron chi connectivity index (χ1n) is 4.17. The SMILES string of the molecule is NC(=O)NNC(=O)C1CCCCO1. The van der Waals surface area contributed by atoms with Gasteiger partial charge in [-0.2, -0.15) is 0 Å². The maximum Gasteiger partial charge on any atom is 0.330 e. The molecule has 1 fully saturated rings. The quantitative estimate of drug-likeness (QED) is 0.472. The van der Waals surface area contributed by atoms with Crippen molar-refractivity contribution in [2.24, 2.45) is 5.73 Å². The maximum absolute atomic E-state index is 11.2. The van der Waals surface area contributed by atoms with Crippen molar-refractivity contribution in [3.63, 3.8) is 0 Å². The van der Waals surface area contributed by atoms with Crippen molar-refractivity contribution in [2.75, 3.05) is 6.61 Å². The van der Waals surface area contributed by atoms with E-state index in [1.807, 2.05) is 5.43 Å². The first kappa shape index (κ1) is 9.79. The molecular formula is C7H13N3O3. The Morgan fingerprint density at radius 2 is 2.08 bits per heavy atom. The Morgan fingerprint density at radius 1 is 1.31 bits per heavy atom. The molecule has 74 valence electrons. The molecule has 0 spiro atoms. The number of ether oxygens (including phenoxy) is 1. The molecule has 1 aliphatic heterocycles. The van der Waals surface area contributed by atoms with Crippen LogP contribution >= 0.6 is 0 Å². The zero-order valence-electron chi connectivity index (χ0n) is 7.21. The van der Waals surface area contributed by atoms with Crippen LogP contribution in [0.2, 0.25) is 0 Å². The van der Waals surface area contributed by atoms with Gasteiger partial charge in [0, 0.05) is 6.61 Å². The summed E-state index contributed by atoms with van der Waals surface area (Å²) in [6.07, 6.45) is 2.18. The third-order valence-electron chi connectivity index (χ3n) is 1.78. The number of primary amides is 1. The first-order valence-corrected chi connectivity index (χ1v) is 4.17. The number of nitrogens with one attached hydrogen (secondary N) is 2. The predicted molar refractivity (Wildman–Crippen MR) is 44.5 cm³/mol. The molecule has 3 amide bonds. The molecule has 0 aromatic heterocycles. The highest BCUT2D eigenvalue weighted by molar-refractivity contribution is 5.83. The number of hydrogen-bond donors (Lipinski definition) is 3. The average molecular weight is 187 g/mol. The summed E-state index contributed by atoms with van der Waals surface area (Å²) in [5.74, 6) is -0.349. The summed E-state index contributed by atoms with van der Waals surface area (Å²) in [4.78, 5) is 21.4.